The first-order chi connectivity index (χ1) is 8.53. The molecule has 88 valence electrons. The van der Waals surface area contributed by atoms with Gasteiger partial charge in [0.15, 0.2) is 5.57 Å². The number of hydrogen-bond donors (Lipinski definition) is 1. The number of halogens is 3. The van der Waals surface area contributed by atoms with Gasteiger partial charge >= 0.3 is 0 Å². The highest BCUT2D eigenvalue weighted by atomic mass is 79.9. The van der Waals surface area contributed by atoms with E-state index < -0.39 is 17.2 Å². The molecule has 0 saturated carbocycles. The highest BCUT2D eigenvalue weighted by molar-refractivity contribution is 9.10. The van der Waals surface area contributed by atoms with Gasteiger partial charge in [-0.25, -0.2) is 8.78 Å². The van der Waals surface area contributed by atoms with Crippen LogP contribution in [-0.2, 0) is 0 Å². The van der Waals surface area contributed by atoms with Crippen molar-refractivity contribution < 1.29 is 8.78 Å². The number of nitriles is 3. The molecule has 18 heavy (non-hydrogen) atoms. The van der Waals surface area contributed by atoms with Gasteiger partial charge in [0.1, 0.15) is 35.5 Å². The van der Waals surface area contributed by atoms with E-state index in [1.807, 2.05) is 0 Å². The molecule has 1 rings (SSSR count). The Morgan fingerprint density at radius 2 is 1.72 bits per heavy atom. The number of allylic oxidation sites excluding steroid dienone is 2. The van der Waals surface area contributed by atoms with E-state index in [4.69, 9.17) is 15.8 Å². The second kappa shape index (κ2) is 5.77. The molecule has 7 heteroatoms. The largest absolute Gasteiger partial charge is 0.344 e. The monoisotopic (exact) mass is 308 g/mol. The third-order valence-electron chi connectivity index (χ3n) is 1.84. The number of rotatable bonds is 2. The second-order valence-corrected chi connectivity index (χ2v) is 3.75. The molecule has 0 saturated heterocycles. The fourth-order valence-electron chi connectivity index (χ4n) is 1.06. The molecule has 0 aliphatic rings. The molecule has 0 atom stereocenters. The third kappa shape index (κ3) is 2.82. The molecule has 4 nitrogen and oxygen atoms in total. The first-order valence-electron chi connectivity index (χ1n) is 4.39. The predicted molar refractivity (Wildman–Crippen MR) is 61.5 cm³/mol. The van der Waals surface area contributed by atoms with Crippen molar-refractivity contribution in [1.29, 1.82) is 15.8 Å². The van der Waals surface area contributed by atoms with Crippen LogP contribution in [-0.4, -0.2) is 0 Å². The molecule has 0 bridgehead atoms. The lowest BCUT2D eigenvalue weighted by Crippen LogP contribution is -2.02. The van der Waals surface area contributed by atoms with Crippen LogP contribution in [0.15, 0.2) is 27.9 Å². The summed E-state index contributed by atoms with van der Waals surface area (Å²) in [6.07, 6.45) is 0. The summed E-state index contributed by atoms with van der Waals surface area (Å²) in [5.41, 5.74) is -0.952. The summed E-state index contributed by atoms with van der Waals surface area (Å²) in [6, 6.07) is 6.16. The van der Waals surface area contributed by atoms with Crippen LogP contribution in [0.1, 0.15) is 0 Å². The van der Waals surface area contributed by atoms with Crippen molar-refractivity contribution in [3.8, 4) is 18.2 Å². The lowest BCUT2D eigenvalue weighted by molar-refractivity contribution is 0.580. The summed E-state index contributed by atoms with van der Waals surface area (Å²) in [4.78, 5) is 0. The Hall–Kier alpha value is -2.43. The number of anilines is 1. The quantitative estimate of drug-likeness (QED) is 0.672. The van der Waals surface area contributed by atoms with E-state index in [-0.39, 0.29) is 15.9 Å². The topological polar surface area (TPSA) is 83.4 Å². The van der Waals surface area contributed by atoms with Crippen molar-refractivity contribution >= 4 is 21.6 Å². The molecule has 0 fully saturated rings. The van der Waals surface area contributed by atoms with Gasteiger partial charge in [0.2, 0.25) is 0 Å². The maximum absolute atomic E-state index is 13.2. The van der Waals surface area contributed by atoms with Crippen molar-refractivity contribution in [3.05, 3.63) is 39.5 Å². The summed E-state index contributed by atoms with van der Waals surface area (Å²) in [5.74, 6) is -1.73. The van der Waals surface area contributed by atoms with Gasteiger partial charge < -0.3 is 5.32 Å². The molecule has 0 heterocycles. The van der Waals surface area contributed by atoms with E-state index in [1.54, 1.807) is 6.07 Å². The van der Waals surface area contributed by atoms with Crippen molar-refractivity contribution in [2.24, 2.45) is 0 Å². The molecule has 0 spiro atoms. The standard InChI is InChI=1S/C11H3BrF2N4/c12-11-8(14)1-7(13)2-9(11)18-10(5-17)6(3-15)4-16/h1-2,18H. The zero-order chi connectivity index (χ0) is 13.7. The molecule has 0 aliphatic heterocycles. The van der Waals surface area contributed by atoms with E-state index in [0.717, 1.165) is 6.07 Å². The van der Waals surface area contributed by atoms with Crippen molar-refractivity contribution in [1.82, 2.24) is 0 Å². The van der Waals surface area contributed by atoms with E-state index >= 15 is 0 Å². The maximum atomic E-state index is 13.2. The normalized spacial score (nSPS) is 8.67. The zero-order valence-electron chi connectivity index (χ0n) is 8.63. The highest BCUT2D eigenvalue weighted by Gasteiger charge is 2.12. The molecule has 0 aromatic heterocycles. The number of nitrogens with zero attached hydrogens (tertiary/aromatic N) is 3. The van der Waals surface area contributed by atoms with Gasteiger partial charge in [0.25, 0.3) is 0 Å². The Balaban J connectivity index is 3.30. The number of nitrogens with one attached hydrogen (secondary N) is 1. The van der Waals surface area contributed by atoms with Crippen LogP contribution in [0.2, 0.25) is 0 Å². The summed E-state index contributed by atoms with van der Waals surface area (Å²) >= 11 is 2.86. The Labute approximate surface area is 109 Å². The molecule has 0 aliphatic carbocycles. The lowest BCUT2D eigenvalue weighted by atomic mass is 10.2. The molecule has 0 radical (unpaired) electrons. The Kier molecular flexibility index (Phi) is 4.37. The SMILES string of the molecule is N#CC(C#N)=C(C#N)Nc1cc(F)cc(F)c1Br. The van der Waals surface area contributed by atoms with Crippen molar-refractivity contribution in [2.45, 2.75) is 0 Å². The van der Waals surface area contributed by atoms with Crippen molar-refractivity contribution in [3.63, 3.8) is 0 Å². The van der Waals surface area contributed by atoms with Crippen LogP contribution in [0.25, 0.3) is 0 Å². The van der Waals surface area contributed by atoms with Gasteiger partial charge in [-0.05, 0) is 22.0 Å². The second-order valence-electron chi connectivity index (χ2n) is 2.96. The smallest absolute Gasteiger partial charge is 0.163 e. The van der Waals surface area contributed by atoms with Crippen LogP contribution >= 0.6 is 15.9 Å². The molecule has 0 amide bonds. The average molecular weight is 309 g/mol. The maximum Gasteiger partial charge on any atom is 0.163 e. The first-order valence-corrected chi connectivity index (χ1v) is 5.19. The number of benzene rings is 1. The van der Waals surface area contributed by atoms with Gasteiger partial charge in [-0.15, -0.1) is 0 Å². The Morgan fingerprint density at radius 1 is 1.11 bits per heavy atom. The average Bonchev–Trinajstić information content (AvgIpc) is 2.35. The van der Waals surface area contributed by atoms with E-state index in [2.05, 4.69) is 21.2 Å². The van der Waals surface area contributed by atoms with Gasteiger partial charge in [0, 0.05) is 6.07 Å². The minimum Gasteiger partial charge on any atom is -0.344 e. The number of hydrogen-bond acceptors (Lipinski definition) is 4. The van der Waals surface area contributed by atoms with Crippen LogP contribution < -0.4 is 5.32 Å². The zero-order valence-corrected chi connectivity index (χ0v) is 10.2. The Bertz CT molecular complexity index is 631. The van der Waals surface area contributed by atoms with Crippen LogP contribution in [0, 0.1) is 45.6 Å². The van der Waals surface area contributed by atoms with Gasteiger partial charge in [-0.3, -0.25) is 0 Å². The lowest BCUT2D eigenvalue weighted by Gasteiger charge is -2.08. The van der Waals surface area contributed by atoms with E-state index in [9.17, 15) is 8.78 Å². The summed E-state index contributed by atoms with van der Waals surface area (Å²) < 4.78 is 26.1. The summed E-state index contributed by atoms with van der Waals surface area (Å²) in [7, 11) is 0. The molecule has 0 unspecified atom stereocenters. The van der Waals surface area contributed by atoms with Gasteiger partial charge in [-0.2, -0.15) is 15.8 Å². The van der Waals surface area contributed by atoms with Crippen LogP contribution in [0.3, 0.4) is 0 Å². The molecular weight excluding hydrogens is 306 g/mol. The van der Waals surface area contributed by atoms with Crippen LogP contribution in [0.4, 0.5) is 14.5 Å². The fourth-order valence-corrected chi connectivity index (χ4v) is 1.39. The summed E-state index contributed by atoms with van der Waals surface area (Å²) in [5, 5.41) is 28.3. The van der Waals surface area contributed by atoms with E-state index in [0.29, 0.717) is 6.07 Å². The molecular formula is C11H3BrF2N4. The minimum atomic E-state index is -0.870. The predicted octanol–water partition coefficient (Wildman–Crippen LogP) is 2.96. The Morgan fingerprint density at radius 3 is 2.22 bits per heavy atom. The fraction of sp³-hybridized carbons (Fsp3) is 0. The third-order valence-corrected chi connectivity index (χ3v) is 2.64. The first kappa shape index (κ1) is 13.6. The molecule has 1 N–H and O–H groups in total. The van der Waals surface area contributed by atoms with Crippen LogP contribution in [0.5, 0.6) is 0 Å². The summed E-state index contributed by atoms with van der Waals surface area (Å²) in [6.45, 7) is 0. The molecule has 1 aromatic rings. The highest BCUT2D eigenvalue weighted by Crippen LogP contribution is 2.28. The van der Waals surface area contributed by atoms with Gasteiger partial charge in [-0.1, -0.05) is 0 Å². The van der Waals surface area contributed by atoms with Gasteiger partial charge in [0.05, 0.1) is 10.2 Å². The molecule has 1 aromatic carbocycles. The van der Waals surface area contributed by atoms with E-state index in [1.165, 1.54) is 12.1 Å². The van der Waals surface area contributed by atoms with Crippen molar-refractivity contribution in [2.75, 3.05) is 5.32 Å². The minimum absolute atomic E-state index is 0.0907.